The van der Waals surface area contributed by atoms with Crippen molar-refractivity contribution in [3.05, 3.63) is 0 Å². The summed E-state index contributed by atoms with van der Waals surface area (Å²) >= 11 is 0. The van der Waals surface area contributed by atoms with Crippen LogP contribution in [-0.4, -0.2) is 31.9 Å². The smallest absolute Gasteiger partial charge is 0.241 e. The number of nitrogens with one attached hydrogen (secondary N) is 1. The van der Waals surface area contributed by atoms with E-state index < -0.39 is 14.6 Å². The first kappa shape index (κ1) is 12.9. The standard InChI is InChI=1S/C12H21NO3S/c1-9-3-4-10(7-9)8-13-11(14)12(5-6-12)17(2,15)16/h9-10H,3-8H2,1-2H3,(H,13,14). The van der Waals surface area contributed by atoms with Gasteiger partial charge < -0.3 is 5.32 Å². The van der Waals surface area contributed by atoms with Crippen LogP contribution in [0.15, 0.2) is 0 Å². The number of carbonyl (C=O) groups excluding carboxylic acids is 1. The molecule has 2 atom stereocenters. The molecule has 2 aliphatic rings. The third kappa shape index (κ3) is 2.49. The monoisotopic (exact) mass is 259 g/mol. The normalized spacial score (nSPS) is 31.2. The topological polar surface area (TPSA) is 63.2 Å². The second kappa shape index (κ2) is 4.26. The maximum Gasteiger partial charge on any atom is 0.241 e. The highest BCUT2D eigenvalue weighted by molar-refractivity contribution is 7.93. The molecule has 0 aromatic rings. The van der Waals surface area contributed by atoms with Crippen LogP contribution in [0.4, 0.5) is 0 Å². The number of carbonyl (C=O) groups is 1. The van der Waals surface area contributed by atoms with Gasteiger partial charge in [0, 0.05) is 12.8 Å². The molecule has 1 N–H and O–H groups in total. The second-order valence-electron chi connectivity index (χ2n) is 5.76. The summed E-state index contributed by atoms with van der Waals surface area (Å²) in [5.41, 5.74) is 0. The molecule has 0 spiro atoms. The van der Waals surface area contributed by atoms with E-state index in [0.29, 0.717) is 25.3 Å². The van der Waals surface area contributed by atoms with E-state index in [0.717, 1.165) is 25.0 Å². The first-order chi connectivity index (χ1) is 7.85. The van der Waals surface area contributed by atoms with Gasteiger partial charge in [0.15, 0.2) is 14.6 Å². The van der Waals surface area contributed by atoms with Crippen LogP contribution in [0.2, 0.25) is 0 Å². The van der Waals surface area contributed by atoms with Crippen LogP contribution in [0.3, 0.4) is 0 Å². The van der Waals surface area contributed by atoms with E-state index in [1.807, 2.05) is 0 Å². The average molecular weight is 259 g/mol. The van der Waals surface area contributed by atoms with Crippen LogP contribution in [-0.2, 0) is 14.6 Å². The number of sulfone groups is 1. The van der Waals surface area contributed by atoms with Gasteiger partial charge in [0.05, 0.1) is 0 Å². The van der Waals surface area contributed by atoms with Crippen molar-refractivity contribution >= 4 is 15.7 Å². The van der Waals surface area contributed by atoms with E-state index in [2.05, 4.69) is 12.2 Å². The van der Waals surface area contributed by atoms with Crippen LogP contribution in [0.5, 0.6) is 0 Å². The Morgan fingerprint density at radius 3 is 2.41 bits per heavy atom. The fourth-order valence-electron chi connectivity index (χ4n) is 2.79. The summed E-state index contributed by atoms with van der Waals surface area (Å²) in [6, 6.07) is 0. The van der Waals surface area contributed by atoms with E-state index in [1.54, 1.807) is 0 Å². The van der Waals surface area contributed by atoms with Crippen LogP contribution in [0.25, 0.3) is 0 Å². The molecule has 2 fully saturated rings. The molecule has 2 unspecified atom stereocenters. The Morgan fingerprint density at radius 1 is 1.35 bits per heavy atom. The molecule has 98 valence electrons. The Hall–Kier alpha value is -0.580. The van der Waals surface area contributed by atoms with Gasteiger partial charge in [0.25, 0.3) is 0 Å². The SMILES string of the molecule is CC1CCC(CNC(=O)C2(S(C)(=O)=O)CC2)C1. The number of rotatable bonds is 4. The zero-order valence-corrected chi connectivity index (χ0v) is 11.3. The molecule has 2 aliphatic carbocycles. The van der Waals surface area contributed by atoms with E-state index >= 15 is 0 Å². The maximum absolute atomic E-state index is 11.9. The molecular formula is C12H21NO3S. The van der Waals surface area contributed by atoms with Gasteiger partial charge in [-0.05, 0) is 37.5 Å². The van der Waals surface area contributed by atoms with Gasteiger partial charge in [0.2, 0.25) is 5.91 Å². The molecule has 2 rings (SSSR count). The highest BCUT2D eigenvalue weighted by Crippen LogP contribution is 2.43. The lowest BCUT2D eigenvalue weighted by Crippen LogP contribution is -2.43. The number of hydrogen-bond acceptors (Lipinski definition) is 3. The number of hydrogen-bond donors (Lipinski definition) is 1. The van der Waals surface area contributed by atoms with Crippen molar-refractivity contribution in [2.45, 2.75) is 43.8 Å². The van der Waals surface area contributed by atoms with Crippen LogP contribution >= 0.6 is 0 Å². The largest absolute Gasteiger partial charge is 0.354 e. The highest BCUT2D eigenvalue weighted by atomic mass is 32.2. The van der Waals surface area contributed by atoms with Crippen LogP contribution in [0, 0.1) is 11.8 Å². The third-order valence-electron chi connectivity index (χ3n) is 4.18. The average Bonchev–Trinajstić information content (AvgIpc) is 2.94. The summed E-state index contributed by atoms with van der Waals surface area (Å²) in [6.07, 6.45) is 5.64. The Labute approximate surface area is 103 Å². The van der Waals surface area contributed by atoms with E-state index in [-0.39, 0.29) is 5.91 Å². The molecule has 0 saturated heterocycles. The summed E-state index contributed by atoms with van der Waals surface area (Å²) < 4.78 is 22.0. The molecule has 17 heavy (non-hydrogen) atoms. The van der Waals surface area contributed by atoms with Crippen LogP contribution < -0.4 is 5.32 Å². The Bertz CT molecular complexity index is 411. The lowest BCUT2D eigenvalue weighted by molar-refractivity contribution is -0.121. The fourth-order valence-corrected chi connectivity index (χ4v) is 4.04. The third-order valence-corrected chi connectivity index (χ3v) is 6.20. The van der Waals surface area contributed by atoms with Gasteiger partial charge in [0.1, 0.15) is 0 Å². The quantitative estimate of drug-likeness (QED) is 0.823. The highest BCUT2D eigenvalue weighted by Gasteiger charge is 2.58. The summed E-state index contributed by atoms with van der Waals surface area (Å²) in [5.74, 6) is 0.991. The Morgan fingerprint density at radius 2 is 2.00 bits per heavy atom. The van der Waals surface area contributed by atoms with Crippen molar-refractivity contribution in [3.63, 3.8) is 0 Å². The molecule has 4 nitrogen and oxygen atoms in total. The number of amides is 1. The van der Waals surface area contributed by atoms with Crippen molar-refractivity contribution < 1.29 is 13.2 Å². The molecular weight excluding hydrogens is 238 g/mol. The lowest BCUT2D eigenvalue weighted by Gasteiger charge is -2.16. The van der Waals surface area contributed by atoms with Crippen molar-refractivity contribution in [3.8, 4) is 0 Å². The molecule has 0 bridgehead atoms. The molecule has 0 aliphatic heterocycles. The molecule has 1 amide bonds. The summed E-state index contributed by atoms with van der Waals surface area (Å²) in [5, 5.41) is 2.84. The van der Waals surface area contributed by atoms with Gasteiger partial charge in [-0.15, -0.1) is 0 Å². The van der Waals surface area contributed by atoms with Gasteiger partial charge in [-0.2, -0.15) is 0 Å². The van der Waals surface area contributed by atoms with Crippen molar-refractivity contribution in [1.82, 2.24) is 5.32 Å². The molecule has 0 aromatic carbocycles. The molecule has 2 saturated carbocycles. The second-order valence-corrected chi connectivity index (χ2v) is 8.09. The van der Waals surface area contributed by atoms with Crippen molar-refractivity contribution in [2.24, 2.45) is 11.8 Å². The minimum Gasteiger partial charge on any atom is -0.354 e. The van der Waals surface area contributed by atoms with E-state index in [9.17, 15) is 13.2 Å². The fraction of sp³-hybridized carbons (Fsp3) is 0.917. The zero-order chi connectivity index (χ0) is 12.7. The first-order valence-corrected chi connectivity index (χ1v) is 8.22. The lowest BCUT2D eigenvalue weighted by atomic mass is 10.1. The Balaban J connectivity index is 1.86. The van der Waals surface area contributed by atoms with E-state index in [4.69, 9.17) is 0 Å². The van der Waals surface area contributed by atoms with Crippen molar-refractivity contribution in [1.29, 1.82) is 0 Å². The van der Waals surface area contributed by atoms with Gasteiger partial charge in [-0.1, -0.05) is 13.3 Å². The van der Waals surface area contributed by atoms with Crippen LogP contribution in [0.1, 0.15) is 39.0 Å². The summed E-state index contributed by atoms with van der Waals surface area (Å²) in [4.78, 5) is 11.9. The minimum atomic E-state index is -3.26. The summed E-state index contributed by atoms with van der Waals surface area (Å²) in [6.45, 7) is 2.86. The van der Waals surface area contributed by atoms with E-state index in [1.165, 1.54) is 6.42 Å². The zero-order valence-electron chi connectivity index (χ0n) is 10.5. The van der Waals surface area contributed by atoms with Gasteiger partial charge in [-0.25, -0.2) is 8.42 Å². The Kier molecular flexibility index (Phi) is 3.23. The predicted molar refractivity (Wildman–Crippen MR) is 66.3 cm³/mol. The van der Waals surface area contributed by atoms with Gasteiger partial charge >= 0.3 is 0 Å². The maximum atomic E-state index is 11.9. The molecule has 0 heterocycles. The molecule has 0 aromatic heterocycles. The first-order valence-electron chi connectivity index (χ1n) is 6.33. The molecule has 5 heteroatoms. The van der Waals surface area contributed by atoms with Gasteiger partial charge in [-0.3, -0.25) is 4.79 Å². The predicted octanol–water partition coefficient (Wildman–Crippen LogP) is 1.12. The molecule has 0 radical (unpaired) electrons. The minimum absolute atomic E-state index is 0.278. The summed E-state index contributed by atoms with van der Waals surface area (Å²) in [7, 11) is -3.26. The van der Waals surface area contributed by atoms with Crippen molar-refractivity contribution in [2.75, 3.05) is 12.8 Å².